The molecule has 4 heteroatoms. The lowest BCUT2D eigenvalue weighted by Gasteiger charge is -1.97. The van der Waals surface area contributed by atoms with Gasteiger partial charge < -0.3 is 5.73 Å². The van der Waals surface area contributed by atoms with Crippen LogP contribution in [0, 0.1) is 0 Å². The Morgan fingerprint density at radius 1 is 1.50 bits per heavy atom. The zero-order chi connectivity index (χ0) is 8.55. The molecule has 0 aliphatic carbocycles. The highest BCUT2D eigenvalue weighted by Gasteiger charge is 2.02. The average Bonchev–Trinajstić information content (AvgIpc) is 2.52. The van der Waals surface area contributed by atoms with Crippen LogP contribution in [-0.4, -0.2) is 4.37 Å². The third-order valence-electron chi connectivity index (χ3n) is 1.70. The van der Waals surface area contributed by atoms with E-state index in [1.807, 2.05) is 18.3 Å². The summed E-state index contributed by atoms with van der Waals surface area (Å²) < 4.78 is 5.09. The Labute approximate surface area is 79.1 Å². The van der Waals surface area contributed by atoms with Gasteiger partial charge >= 0.3 is 0 Å². The lowest BCUT2D eigenvalue weighted by molar-refractivity contribution is 1.08. The van der Waals surface area contributed by atoms with Gasteiger partial charge in [-0.15, -0.1) is 0 Å². The van der Waals surface area contributed by atoms with Gasteiger partial charge in [-0.05, 0) is 29.2 Å². The van der Waals surface area contributed by atoms with Crippen LogP contribution in [0.4, 0.5) is 0 Å². The molecule has 62 valence electrons. The van der Waals surface area contributed by atoms with E-state index in [9.17, 15) is 0 Å². The number of halogens is 1. The van der Waals surface area contributed by atoms with Crippen molar-refractivity contribution in [1.82, 2.24) is 4.37 Å². The second-order valence-corrected chi connectivity index (χ2v) is 3.73. The fraction of sp³-hybridized carbons (Fsp3) is 0.125. The molecule has 0 bridgehead atoms. The van der Waals surface area contributed by atoms with Gasteiger partial charge in [-0.1, -0.05) is 11.6 Å². The highest BCUT2D eigenvalue weighted by Crippen LogP contribution is 2.27. The van der Waals surface area contributed by atoms with Gasteiger partial charge in [-0.3, -0.25) is 0 Å². The van der Waals surface area contributed by atoms with Crippen molar-refractivity contribution in [2.24, 2.45) is 5.73 Å². The molecular weight excluding hydrogens is 192 g/mol. The Morgan fingerprint density at radius 2 is 2.33 bits per heavy atom. The molecule has 1 aromatic carbocycles. The van der Waals surface area contributed by atoms with Crippen molar-refractivity contribution in [3.05, 3.63) is 28.9 Å². The van der Waals surface area contributed by atoms with Crippen molar-refractivity contribution in [3.8, 4) is 0 Å². The molecule has 0 amide bonds. The summed E-state index contributed by atoms with van der Waals surface area (Å²) in [4.78, 5) is 0. The lowest BCUT2D eigenvalue weighted by atomic mass is 10.2. The van der Waals surface area contributed by atoms with E-state index >= 15 is 0 Å². The standard InChI is InChI=1S/C8H7ClN2S/c9-7-2-5(3-10)1-6-4-11-12-8(6)7/h1-2,4H,3,10H2. The number of nitrogens with zero attached hydrogens (tertiary/aromatic N) is 1. The molecular formula is C8H7ClN2S. The maximum atomic E-state index is 6.00. The largest absolute Gasteiger partial charge is 0.326 e. The zero-order valence-corrected chi connectivity index (χ0v) is 7.82. The molecule has 2 nitrogen and oxygen atoms in total. The first-order chi connectivity index (χ1) is 5.81. The molecule has 1 heterocycles. The molecule has 0 fully saturated rings. The summed E-state index contributed by atoms with van der Waals surface area (Å²) in [5.74, 6) is 0. The first-order valence-corrected chi connectivity index (χ1v) is 4.69. The van der Waals surface area contributed by atoms with Gasteiger partial charge in [0.1, 0.15) is 0 Å². The van der Waals surface area contributed by atoms with Crippen LogP contribution < -0.4 is 5.73 Å². The fourth-order valence-corrected chi connectivity index (χ4v) is 2.11. The van der Waals surface area contributed by atoms with Crippen LogP contribution in [0.25, 0.3) is 10.1 Å². The van der Waals surface area contributed by atoms with Gasteiger partial charge in [0, 0.05) is 18.1 Å². The quantitative estimate of drug-likeness (QED) is 0.765. The Bertz CT molecular complexity index is 410. The Morgan fingerprint density at radius 3 is 3.08 bits per heavy atom. The van der Waals surface area contributed by atoms with E-state index in [2.05, 4.69) is 4.37 Å². The van der Waals surface area contributed by atoms with Crippen molar-refractivity contribution in [1.29, 1.82) is 0 Å². The van der Waals surface area contributed by atoms with E-state index in [4.69, 9.17) is 17.3 Å². The molecule has 0 aliphatic rings. The maximum absolute atomic E-state index is 6.00. The van der Waals surface area contributed by atoms with Crippen molar-refractivity contribution in [2.45, 2.75) is 6.54 Å². The van der Waals surface area contributed by atoms with Gasteiger partial charge in [0.25, 0.3) is 0 Å². The molecule has 1 aromatic heterocycles. The van der Waals surface area contributed by atoms with E-state index in [0.29, 0.717) is 6.54 Å². The fourth-order valence-electron chi connectivity index (χ4n) is 1.12. The molecule has 2 aromatic rings. The molecule has 0 saturated carbocycles. The van der Waals surface area contributed by atoms with Gasteiger partial charge in [-0.2, -0.15) is 4.37 Å². The molecule has 0 spiro atoms. The summed E-state index contributed by atoms with van der Waals surface area (Å²) in [7, 11) is 0. The summed E-state index contributed by atoms with van der Waals surface area (Å²) in [5.41, 5.74) is 6.55. The number of nitrogens with two attached hydrogens (primary N) is 1. The molecule has 12 heavy (non-hydrogen) atoms. The monoisotopic (exact) mass is 198 g/mol. The Balaban J connectivity index is 2.75. The van der Waals surface area contributed by atoms with Crippen LogP contribution in [0.5, 0.6) is 0 Å². The van der Waals surface area contributed by atoms with Crippen LogP contribution >= 0.6 is 23.1 Å². The van der Waals surface area contributed by atoms with Gasteiger partial charge in [0.05, 0.1) is 9.72 Å². The summed E-state index contributed by atoms with van der Waals surface area (Å²) in [6.07, 6.45) is 1.81. The number of aromatic nitrogens is 1. The zero-order valence-electron chi connectivity index (χ0n) is 6.25. The van der Waals surface area contributed by atoms with Crippen LogP contribution in [0.3, 0.4) is 0 Å². The first kappa shape index (κ1) is 7.98. The minimum Gasteiger partial charge on any atom is -0.326 e. The normalized spacial score (nSPS) is 10.8. The highest BCUT2D eigenvalue weighted by atomic mass is 35.5. The average molecular weight is 199 g/mol. The second kappa shape index (κ2) is 3.01. The summed E-state index contributed by atoms with van der Waals surface area (Å²) in [5, 5.41) is 1.82. The third-order valence-corrected chi connectivity index (χ3v) is 2.96. The Hall–Kier alpha value is -0.640. The molecule has 0 unspecified atom stereocenters. The molecule has 2 N–H and O–H groups in total. The molecule has 0 aliphatic heterocycles. The smallest absolute Gasteiger partial charge is 0.0736 e. The number of hydrogen-bond acceptors (Lipinski definition) is 3. The first-order valence-electron chi connectivity index (χ1n) is 3.54. The van der Waals surface area contributed by atoms with E-state index in [0.717, 1.165) is 20.7 Å². The minimum atomic E-state index is 0.519. The van der Waals surface area contributed by atoms with E-state index in [-0.39, 0.29) is 0 Å². The summed E-state index contributed by atoms with van der Waals surface area (Å²) in [6, 6.07) is 3.91. The number of rotatable bonds is 1. The number of fused-ring (bicyclic) bond motifs is 1. The van der Waals surface area contributed by atoms with E-state index in [1.54, 1.807) is 0 Å². The van der Waals surface area contributed by atoms with Crippen LogP contribution in [-0.2, 0) is 6.54 Å². The van der Waals surface area contributed by atoms with Gasteiger partial charge in [0.15, 0.2) is 0 Å². The number of benzene rings is 1. The predicted molar refractivity (Wildman–Crippen MR) is 52.5 cm³/mol. The molecule has 0 atom stereocenters. The third kappa shape index (κ3) is 1.20. The topological polar surface area (TPSA) is 38.9 Å². The van der Waals surface area contributed by atoms with Crippen LogP contribution in [0.2, 0.25) is 5.02 Å². The summed E-state index contributed by atoms with van der Waals surface area (Å²) in [6.45, 7) is 0.519. The van der Waals surface area contributed by atoms with Crippen LogP contribution in [0.1, 0.15) is 5.56 Å². The van der Waals surface area contributed by atoms with Crippen molar-refractivity contribution < 1.29 is 0 Å². The van der Waals surface area contributed by atoms with Gasteiger partial charge in [-0.25, -0.2) is 0 Å². The highest BCUT2D eigenvalue weighted by molar-refractivity contribution is 7.14. The maximum Gasteiger partial charge on any atom is 0.0736 e. The minimum absolute atomic E-state index is 0.519. The SMILES string of the molecule is NCc1cc(Cl)c2sncc2c1. The molecule has 0 saturated heterocycles. The molecule has 0 radical (unpaired) electrons. The van der Waals surface area contributed by atoms with E-state index < -0.39 is 0 Å². The summed E-state index contributed by atoms with van der Waals surface area (Å²) >= 11 is 7.41. The van der Waals surface area contributed by atoms with Crippen molar-refractivity contribution >= 4 is 33.2 Å². The number of hydrogen-bond donors (Lipinski definition) is 1. The van der Waals surface area contributed by atoms with Crippen molar-refractivity contribution in [2.75, 3.05) is 0 Å². The van der Waals surface area contributed by atoms with Crippen LogP contribution in [0.15, 0.2) is 18.3 Å². The lowest BCUT2D eigenvalue weighted by Crippen LogP contribution is -1.95. The molecule has 2 rings (SSSR count). The Kier molecular flexibility index (Phi) is 2.00. The second-order valence-electron chi connectivity index (χ2n) is 2.53. The van der Waals surface area contributed by atoms with E-state index in [1.165, 1.54) is 11.5 Å². The van der Waals surface area contributed by atoms with Gasteiger partial charge in [0.2, 0.25) is 0 Å². The predicted octanol–water partition coefficient (Wildman–Crippen LogP) is 2.41. The van der Waals surface area contributed by atoms with Crippen molar-refractivity contribution in [3.63, 3.8) is 0 Å².